The Kier molecular flexibility index (Phi) is 6.44. The largest absolute Gasteiger partial charge is 0.379 e. The minimum Gasteiger partial charge on any atom is -0.379 e. The second-order valence-electron chi connectivity index (χ2n) is 6.23. The van der Waals surface area contributed by atoms with Crippen LogP contribution in [0.1, 0.15) is 16.1 Å². The van der Waals surface area contributed by atoms with Crippen molar-refractivity contribution in [1.82, 2.24) is 15.2 Å². The smallest absolute Gasteiger partial charge is 0.269 e. The first-order valence-electron chi connectivity index (χ1n) is 8.69. The van der Waals surface area contributed by atoms with Gasteiger partial charge in [-0.3, -0.25) is 9.69 Å². The van der Waals surface area contributed by atoms with Crippen LogP contribution in [0.15, 0.2) is 36.5 Å². The number of morpholine rings is 1. The minimum atomic E-state index is -0.164. The van der Waals surface area contributed by atoms with Crippen molar-refractivity contribution < 1.29 is 9.53 Å². The van der Waals surface area contributed by atoms with E-state index in [2.05, 4.69) is 20.5 Å². The van der Waals surface area contributed by atoms with Gasteiger partial charge in [-0.05, 0) is 36.8 Å². The third-order valence-electron chi connectivity index (χ3n) is 4.27. The molecular formula is C19H23ClN4O2. The van der Waals surface area contributed by atoms with Gasteiger partial charge >= 0.3 is 0 Å². The van der Waals surface area contributed by atoms with Crippen molar-refractivity contribution in [2.75, 3.05) is 44.7 Å². The summed E-state index contributed by atoms with van der Waals surface area (Å²) >= 11 is 6.13. The van der Waals surface area contributed by atoms with E-state index in [1.54, 1.807) is 12.3 Å². The van der Waals surface area contributed by atoms with E-state index in [1.165, 1.54) is 0 Å². The average molecular weight is 375 g/mol. The lowest BCUT2D eigenvalue weighted by atomic mass is 10.2. The molecule has 0 saturated carbocycles. The Labute approximate surface area is 158 Å². The fraction of sp³-hybridized carbons (Fsp3) is 0.368. The Balaban J connectivity index is 1.49. The molecule has 1 aliphatic rings. The zero-order valence-electron chi connectivity index (χ0n) is 14.8. The summed E-state index contributed by atoms with van der Waals surface area (Å²) in [7, 11) is 0. The van der Waals surface area contributed by atoms with E-state index in [0.717, 1.165) is 49.8 Å². The fourth-order valence-electron chi connectivity index (χ4n) is 2.68. The van der Waals surface area contributed by atoms with Gasteiger partial charge in [-0.1, -0.05) is 17.7 Å². The number of carbonyl (C=O) groups is 1. The van der Waals surface area contributed by atoms with Crippen LogP contribution in [0, 0.1) is 6.92 Å². The molecule has 2 aromatic rings. The van der Waals surface area contributed by atoms with Crippen LogP contribution in [-0.4, -0.2) is 55.2 Å². The number of hydrogen-bond donors (Lipinski definition) is 2. The summed E-state index contributed by atoms with van der Waals surface area (Å²) in [5.41, 5.74) is 3.11. The predicted molar refractivity (Wildman–Crippen MR) is 103 cm³/mol. The second kappa shape index (κ2) is 8.98. The van der Waals surface area contributed by atoms with Crippen LogP contribution in [0.5, 0.6) is 0 Å². The zero-order valence-corrected chi connectivity index (χ0v) is 15.6. The maximum absolute atomic E-state index is 12.2. The molecule has 3 rings (SSSR count). The average Bonchev–Trinajstić information content (AvgIpc) is 2.66. The summed E-state index contributed by atoms with van der Waals surface area (Å²) in [5.74, 6) is -0.164. The van der Waals surface area contributed by atoms with E-state index in [1.807, 2.05) is 31.2 Å². The van der Waals surface area contributed by atoms with Crippen molar-refractivity contribution in [3.05, 3.63) is 52.8 Å². The van der Waals surface area contributed by atoms with Crippen LogP contribution in [0.25, 0.3) is 0 Å². The molecule has 0 aliphatic carbocycles. The molecule has 1 amide bonds. The molecule has 2 N–H and O–H groups in total. The number of rotatable bonds is 6. The highest BCUT2D eigenvalue weighted by Crippen LogP contribution is 2.22. The van der Waals surface area contributed by atoms with Crippen LogP contribution in [-0.2, 0) is 4.74 Å². The molecule has 1 saturated heterocycles. The summed E-state index contributed by atoms with van der Waals surface area (Å²) in [5, 5.41) is 6.84. The number of aromatic nitrogens is 1. The number of anilines is 2. The van der Waals surface area contributed by atoms with E-state index in [9.17, 15) is 4.79 Å². The minimum absolute atomic E-state index is 0.164. The van der Waals surface area contributed by atoms with Gasteiger partial charge in [-0.2, -0.15) is 0 Å². The Morgan fingerprint density at radius 1 is 1.23 bits per heavy atom. The maximum atomic E-state index is 12.2. The number of ether oxygens (including phenoxy) is 1. The lowest BCUT2D eigenvalue weighted by Gasteiger charge is -2.26. The summed E-state index contributed by atoms with van der Waals surface area (Å²) in [6, 6.07) is 9.31. The number of nitrogens with one attached hydrogen (secondary N) is 2. The van der Waals surface area contributed by atoms with Gasteiger partial charge in [0, 0.05) is 36.9 Å². The number of benzene rings is 1. The van der Waals surface area contributed by atoms with Gasteiger partial charge in [0.05, 0.1) is 25.1 Å². The molecule has 1 aliphatic heterocycles. The molecule has 7 heteroatoms. The second-order valence-corrected chi connectivity index (χ2v) is 6.64. The quantitative estimate of drug-likeness (QED) is 0.813. The van der Waals surface area contributed by atoms with Gasteiger partial charge in [-0.25, -0.2) is 4.98 Å². The third-order valence-corrected chi connectivity index (χ3v) is 4.68. The highest BCUT2D eigenvalue weighted by molar-refractivity contribution is 6.31. The first kappa shape index (κ1) is 18.6. The van der Waals surface area contributed by atoms with Crippen LogP contribution in [0.3, 0.4) is 0 Å². The Hall–Kier alpha value is -2.15. The molecule has 1 aromatic carbocycles. The van der Waals surface area contributed by atoms with Gasteiger partial charge in [-0.15, -0.1) is 0 Å². The van der Waals surface area contributed by atoms with Crippen molar-refractivity contribution in [3.63, 3.8) is 0 Å². The summed E-state index contributed by atoms with van der Waals surface area (Å²) in [4.78, 5) is 18.7. The number of aryl methyl sites for hydroxylation is 1. The standard InChI is InChI=1S/C19H23ClN4O2/c1-14-2-3-15(12-17(14)20)23-16-4-5-18(22-13-16)19(25)21-6-7-24-8-10-26-11-9-24/h2-5,12-13,23H,6-11H2,1H3,(H,21,25). The first-order valence-corrected chi connectivity index (χ1v) is 9.07. The molecule has 138 valence electrons. The van der Waals surface area contributed by atoms with Crippen molar-refractivity contribution in [1.29, 1.82) is 0 Å². The first-order chi connectivity index (χ1) is 12.6. The van der Waals surface area contributed by atoms with E-state index in [-0.39, 0.29) is 5.91 Å². The van der Waals surface area contributed by atoms with Crippen molar-refractivity contribution >= 4 is 28.9 Å². The highest BCUT2D eigenvalue weighted by Gasteiger charge is 2.11. The normalized spacial score (nSPS) is 14.8. The van der Waals surface area contributed by atoms with Crippen LogP contribution < -0.4 is 10.6 Å². The molecule has 0 radical (unpaired) electrons. The molecule has 0 unspecified atom stereocenters. The number of pyridine rings is 1. The molecule has 1 aromatic heterocycles. The van der Waals surface area contributed by atoms with E-state index >= 15 is 0 Å². The van der Waals surface area contributed by atoms with Gasteiger partial charge in [0.25, 0.3) is 5.91 Å². The highest BCUT2D eigenvalue weighted by atomic mass is 35.5. The molecule has 0 spiro atoms. The van der Waals surface area contributed by atoms with Crippen LogP contribution in [0.2, 0.25) is 5.02 Å². The lowest BCUT2D eigenvalue weighted by Crippen LogP contribution is -2.41. The monoisotopic (exact) mass is 374 g/mol. The summed E-state index contributed by atoms with van der Waals surface area (Å²) in [6.07, 6.45) is 1.64. The van der Waals surface area contributed by atoms with Crippen LogP contribution >= 0.6 is 11.6 Å². The molecule has 2 heterocycles. The van der Waals surface area contributed by atoms with Crippen molar-refractivity contribution in [2.24, 2.45) is 0 Å². The van der Waals surface area contributed by atoms with E-state index < -0.39 is 0 Å². The third kappa shape index (κ3) is 5.17. The Bertz CT molecular complexity index is 746. The summed E-state index contributed by atoms with van der Waals surface area (Å²) < 4.78 is 5.31. The van der Waals surface area contributed by atoms with Gasteiger partial charge in [0.15, 0.2) is 0 Å². The van der Waals surface area contributed by atoms with Crippen molar-refractivity contribution in [3.8, 4) is 0 Å². The molecular weight excluding hydrogens is 352 g/mol. The van der Waals surface area contributed by atoms with Gasteiger partial charge in [0.1, 0.15) is 5.69 Å². The van der Waals surface area contributed by atoms with E-state index in [4.69, 9.17) is 16.3 Å². The Morgan fingerprint density at radius 2 is 2.00 bits per heavy atom. The number of carbonyl (C=O) groups excluding carboxylic acids is 1. The molecule has 26 heavy (non-hydrogen) atoms. The summed E-state index contributed by atoms with van der Waals surface area (Å²) in [6.45, 7) is 6.73. The predicted octanol–water partition coefficient (Wildman–Crippen LogP) is 2.85. The zero-order chi connectivity index (χ0) is 18.4. The number of halogens is 1. The maximum Gasteiger partial charge on any atom is 0.269 e. The number of nitrogens with zero attached hydrogens (tertiary/aromatic N) is 2. The van der Waals surface area contributed by atoms with Gasteiger partial charge < -0.3 is 15.4 Å². The SMILES string of the molecule is Cc1ccc(Nc2ccc(C(=O)NCCN3CCOCC3)nc2)cc1Cl. The van der Waals surface area contributed by atoms with Crippen LogP contribution in [0.4, 0.5) is 11.4 Å². The number of amides is 1. The Morgan fingerprint density at radius 3 is 2.69 bits per heavy atom. The topological polar surface area (TPSA) is 66.5 Å². The molecule has 6 nitrogen and oxygen atoms in total. The number of hydrogen-bond acceptors (Lipinski definition) is 5. The lowest BCUT2D eigenvalue weighted by molar-refractivity contribution is 0.0383. The fourth-order valence-corrected chi connectivity index (χ4v) is 2.86. The van der Waals surface area contributed by atoms with E-state index in [0.29, 0.717) is 17.3 Å². The van der Waals surface area contributed by atoms with Gasteiger partial charge in [0.2, 0.25) is 0 Å². The van der Waals surface area contributed by atoms with Crippen molar-refractivity contribution in [2.45, 2.75) is 6.92 Å². The molecule has 0 atom stereocenters. The molecule has 1 fully saturated rings. The molecule has 0 bridgehead atoms.